The van der Waals surface area contributed by atoms with Crippen molar-refractivity contribution < 1.29 is 4.74 Å². The van der Waals surface area contributed by atoms with Gasteiger partial charge >= 0.3 is 0 Å². The summed E-state index contributed by atoms with van der Waals surface area (Å²) in [6, 6.07) is 6.16. The maximum Gasteiger partial charge on any atom is 0.143 e. The molecule has 1 fully saturated rings. The molecule has 5 heteroatoms. The molecule has 0 saturated carbocycles. The summed E-state index contributed by atoms with van der Waals surface area (Å²) in [5, 5.41) is 0. The first-order valence-corrected chi connectivity index (χ1v) is 6.24. The number of allylic oxidation sites excluding steroid dienone is 2. The fraction of sp³-hybridized carbons (Fsp3) is 0.357. The Labute approximate surface area is 113 Å². The molecule has 0 radical (unpaired) electrons. The Morgan fingerprint density at radius 2 is 2.21 bits per heavy atom. The lowest BCUT2D eigenvalue weighted by Gasteiger charge is -2.38. The van der Waals surface area contributed by atoms with E-state index < -0.39 is 0 Å². The zero-order chi connectivity index (χ0) is 13.8. The summed E-state index contributed by atoms with van der Waals surface area (Å²) in [5.74, 6) is 0.714. The second kappa shape index (κ2) is 5.65. The summed E-state index contributed by atoms with van der Waals surface area (Å²) in [5.41, 5.74) is 13.9. The zero-order valence-corrected chi connectivity index (χ0v) is 11.3. The van der Waals surface area contributed by atoms with E-state index in [-0.39, 0.29) is 0 Å². The first-order chi connectivity index (χ1) is 9.10. The predicted molar refractivity (Wildman–Crippen MR) is 79.8 cm³/mol. The van der Waals surface area contributed by atoms with Gasteiger partial charge in [-0.3, -0.25) is 4.99 Å². The Bertz CT molecular complexity index is 500. The topological polar surface area (TPSA) is 76.9 Å². The van der Waals surface area contributed by atoms with Gasteiger partial charge in [0.05, 0.1) is 18.8 Å². The molecule has 1 aromatic carbocycles. The molecule has 1 saturated heterocycles. The highest BCUT2D eigenvalue weighted by molar-refractivity contribution is 5.72. The summed E-state index contributed by atoms with van der Waals surface area (Å²) < 4.78 is 5.22. The minimum Gasteiger partial charge on any atom is -0.495 e. The molecule has 0 bridgehead atoms. The largest absolute Gasteiger partial charge is 0.495 e. The van der Waals surface area contributed by atoms with E-state index in [1.54, 1.807) is 13.3 Å². The predicted octanol–water partition coefficient (Wildman–Crippen LogP) is 1.40. The molecule has 2 rings (SSSR count). The number of methoxy groups -OCH3 is 1. The van der Waals surface area contributed by atoms with Crippen molar-refractivity contribution in [2.75, 3.05) is 30.8 Å². The average Bonchev–Trinajstić information content (AvgIpc) is 2.33. The van der Waals surface area contributed by atoms with Gasteiger partial charge in [-0.1, -0.05) is 0 Å². The highest BCUT2D eigenvalue weighted by atomic mass is 16.5. The Hall–Kier alpha value is -2.17. The smallest absolute Gasteiger partial charge is 0.143 e. The van der Waals surface area contributed by atoms with E-state index in [4.69, 9.17) is 16.2 Å². The van der Waals surface area contributed by atoms with Crippen LogP contribution < -0.4 is 21.1 Å². The van der Waals surface area contributed by atoms with Crippen LogP contribution in [0.3, 0.4) is 0 Å². The number of ether oxygens (including phenoxy) is 1. The van der Waals surface area contributed by atoms with Gasteiger partial charge in [0.15, 0.2) is 0 Å². The number of hydrogen-bond acceptors (Lipinski definition) is 5. The molecule has 0 aromatic heterocycles. The summed E-state index contributed by atoms with van der Waals surface area (Å²) in [7, 11) is 1.63. The number of nitrogens with zero attached hydrogens (tertiary/aromatic N) is 2. The van der Waals surface area contributed by atoms with E-state index in [9.17, 15) is 0 Å². The normalized spacial score (nSPS) is 16.7. The molecule has 5 nitrogen and oxygen atoms in total. The van der Waals surface area contributed by atoms with Crippen LogP contribution in [0.2, 0.25) is 0 Å². The monoisotopic (exact) mass is 260 g/mol. The number of nitrogen functional groups attached to an aromatic ring is 1. The summed E-state index contributed by atoms with van der Waals surface area (Å²) >= 11 is 0. The molecule has 0 amide bonds. The van der Waals surface area contributed by atoms with Gasteiger partial charge < -0.3 is 21.1 Å². The fourth-order valence-corrected chi connectivity index (χ4v) is 1.94. The molecule has 1 heterocycles. The third-order valence-corrected chi connectivity index (χ3v) is 3.08. The minimum atomic E-state index is 0.333. The average molecular weight is 260 g/mol. The molecular weight excluding hydrogens is 240 g/mol. The van der Waals surface area contributed by atoms with Crippen molar-refractivity contribution in [2.45, 2.75) is 13.0 Å². The van der Waals surface area contributed by atoms with Crippen molar-refractivity contribution in [3.8, 4) is 5.75 Å². The lowest BCUT2D eigenvalue weighted by Crippen LogP contribution is -2.50. The summed E-state index contributed by atoms with van der Waals surface area (Å²) in [6.45, 7) is 3.65. The highest BCUT2D eigenvalue weighted by Crippen LogP contribution is 2.30. The molecule has 0 spiro atoms. The van der Waals surface area contributed by atoms with Crippen LogP contribution in [0.25, 0.3) is 0 Å². The Morgan fingerprint density at radius 3 is 2.84 bits per heavy atom. The molecular formula is C14H20N4O. The highest BCUT2D eigenvalue weighted by Gasteiger charge is 2.26. The quantitative estimate of drug-likeness (QED) is 0.633. The number of nitrogens with two attached hydrogens (primary N) is 2. The van der Waals surface area contributed by atoms with Gasteiger partial charge in [0, 0.05) is 36.8 Å². The van der Waals surface area contributed by atoms with Gasteiger partial charge in [0.1, 0.15) is 5.75 Å². The molecule has 0 atom stereocenters. The zero-order valence-electron chi connectivity index (χ0n) is 11.3. The Kier molecular flexibility index (Phi) is 3.94. The first kappa shape index (κ1) is 13.3. The van der Waals surface area contributed by atoms with E-state index in [2.05, 4.69) is 9.89 Å². The Balaban J connectivity index is 1.93. The van der Waals surface area contributed by atoms with Crippen LogP contribution in [0.5, 0.6) is 5.75 Å². The van der Waals surface area contributed by atoms with E-state index in [1.807, 2.05) is 31.2 Å². The SMILES string of the molecule is COc1cc(N2CC(N=CC=C(C)N)C2)ccc1N. The van der Waals surface area contributed by atoms with Gasteiger partial charge in [0.2, 0.25) is 0 Å². The second-order valence-electron chi connectivity index (χ2n) is 4.69. The van der Waals surface area contributed by atoms with Gasteiger partial charge in [0.25, 0.3) is 0 Å². The molecule has 1 aromatic rings. The van der Waals surface area contributed by atoms with E-state index in [1.165, 1.54) is 0 Å². The van der Waals surface area contributed by atoms with E-state index in [0.717, 1.165) is 24.5 Å². The third-order valence-electron chi connectivity index (χ3n) is 3.08. The van der Waals surface area contributed by atoms with E-state index in [0.29, 0.717) is 17.5 Å². The maximum absolute atomic E-state index is 5.80. The van der Waals surface area contributed by atoms with Crippen molar-refractivity contribution >= 4 is 17.6 Å². The Morgan fingerprint density at radius 1 is 1.47 bits per heavy atom. The lowest BCUT2D eigenvalue weighted by atomic mass is 10.1. The van der Waals surface area contributed by atoms with Gasteiger partial charge in [-0.2, -0.15) is 0 Å². The molecule has 102 valence electrons. The second-order valence-corrected chi connectivity index (χ2v) is 4.69. The fourth-order valence-electron chi connectivity index (χ4n) is 1.94. The van der Waals surface area contributed by atoms with E-state index >= 15 is 0 Å². The number of aliphatic imine (C=N–C) groups is 1. The molecule has 0 aliphatic carbocycles. The van der Waals surface area contributed by atoms with Crippen molar-refractivity contribution in [3.05, 3.63) is 30.0 Å². The van der Waals surface area contributed by atoms with Crippen molar-refractivity contribution in [1.82, 2.24) is 0 Å². The molecule has 0 unspecified atom stereocenters. The van der Waals surface area contributed by atoms with Gasteiger partial charge in [-0.15, -0.1) is 0 Å². The summed E-state index contributed by atoms with van der Waals surface area (Å²) in [6.07, 6.45) is 3.59. The van der Waals surface area contributed by atoms with Crippen LogP contribution in [0.1, 0.15) is 6.92 Å². The van der Waals surface area contributed by atoms with Gasteiger partial charge in [-0.25, -0.2) is 0 Å². The van der Waals surface area contributed by atoms with Crippen molar-refractivity contribution in [3.63, 3.8) is 0 Å². The van der Waals surface area contributed by atoms with Crippen molar-refractivity contribution in [2.24, 2.45) is 10.7 Å². The molecule has 19 heavy (non-hydrogen) atoms. The van der Waals surface area contributed by atoms with Crippen LogP contribution in [0.4, 0.5) is 11.4 Å². The first-order valence-electron chi connectivity index (χ1n) is 6.24. The number of rotatable bonds is 4. The van der Waals surface area contributed by atoms with Crippen LogP contribution in [0, 0.1) is 0 Å². The summed E-state index contributed by atoms with van der Waals surface area (Å²) in [4.78, 5) is 6.67. The number of anilines is 2. The molecule has 1 aliphatic heterocycles. The lowest BCUT2D eigenvalue weighted by molar-refractivity contribution is 0.416. The number of benzene rings is 1. The standard InChI is InChI=1S/C14H20N4O/c1-10(15)5-6-17-11-8-18(9-11)12-3-4-13(16)14(7-12)19-2/h3-7,11H,8-9,15-16H2,1-2H3. The number of hydrogen-bond donors (Lipinski definition) is 2. The molecule has 1 aliphatic rings. The van der Waals surface area contributed by atoms with Crippen molar-refractivity contribution in [1.29, 1.82) is 0 Å². The van der Waals surface area contributed by atoms with Gasteiger partial charge in [-0.05, 0) is 25.1 Å². The van der Waals surface area contributed by atoms with Crippen LogP contribution >= 0.6 is 0 Å². The third kappa shape index (κ3) is 3.19. The minimum absolute atomic E-state index is 0.333. The molecule has 4 N–H and O–H groups in total. The van der Waals surface area contributed by atoms with Crippen LogP contribution in [-0.2, 0) is 0 Å². The maximum atomic E-state index is 5.80. The van der Waals surface area contributed by atoms with Crippen LogP contribution in [0.15, 0.2) is 35.0 Å². The van der Waals surface area contributed by atoms with Crippen LogP contribution in [-0.4, -0.2) is 32.5 Å².